The fourth-order valence-electron chi connectivity index (χ4n) is 5.57. The Morgan fingerprint density at radius 2 is 1.82 bits per heavy atom. The van der Waals surface area contributed by atoms with Gasteiger partial charge in [0.25, 0.3) is 5.89 Å². The van der Waals surface area contributed by atoms with Crippen molar-refractivity contribution in [1.82, 2.24) is 20.0 Å². The van der Waals surface area contributed by atoms with Crippen molar-refractivity contribution in [3.05, 3.63) is 18.2 Å². The number of aryl methyl sites for hydroxylation is 1. The summed E-state index contributed by atoms with van der Waals surface area (Å²) in [6, 6.07) is 1.96. The third kappa shape index (κ3) is 1.80. The van der Waals surface area contributed by atoms with Gasteiger partial charge in [0.1, 0.15) is 5.69 Å². The minimum Gasteiger partial charge on any atom is -0.419 e. The minimum atomic E-state index is 0.174. The van der Waals surface area contributed by atoms with Crippen molar-refractivity contribution in [2.75, 3.05) is 0 Å². The van der Waals surface area contributed by atoms with Crippen LogP contribution < -0.4 is 0 Å². The molecule has 22 heavy (non-hydrogen) atoms. The molecule has 5 heteroatoms. The SMILES string of the molecule is CCn1ccc(-c2nnc(C34CC5CC(CC(C5)C3)C4)o2)n1. The van der Waals surface area contributed by atoms with Crippen molar-refractivity contribution in [2.24, 2.45) is 17.8 Å². The van der Waals surface area contributed by atoms with Crippen LogP contribution in [0.2, 0.25) is 0 Å². The second kappa shape index (κ2) is 4.43. The van der Waals surface area contributed by atoms with Gasteiger partial charge in [0.05, 0.1) is 0 Å². The van der Waals surface area contributed by atoms with E-state index in [-0.39, 0.29) is 5.41 Å². The summed E-state index contributed by atoms with van der Waals surface area (Å²) < 4.78 is 8.01. The zero-order chi connectivity index (χ0) is 14.7. The monoisotopic (exact) mass is 298 g/mol. The Bertz CT molecular complexity index is 666. The van der Waals surface area contributed by atoms with Crippen molar-refractivity contribution in [3.8, 4) is 11.6 Å². The van der Waals surface area contributed by atoms with Gasteiger partial charge in [-0.3, -0.25) is 4.68 Å². The molecule has 4 saturated carbocycles. The lowest BCUT2D eigenvalue weighted by atomic mass is 9.49. The average Bonchev–Trinajstić information content (AvgIpc) is 3.15. The zero-order valence-electron chi connectivity index (χ0n) is 13.0. The Hall–Kier alpha value is -1.65. The molecule has 4 fully saturated rings. The first-order chi connectivity index (χ1) is 10.7. The normalized spacial score (nSPS) is 36.1. The van der Waals surface area contributed by atoms with E-state index < -0.39 is 0 Å². The highest BCUT2D eigenvalue weighted by atomic mass is 16.4. The third-order valence-corrected chi connectivity index (χ3v) is 6.10. The Balaban J connectivity index is 1.49. The van der Waals surface area contributed by atoms with Crippen molar-refractivity contribution in [1.29, 1.82) is 0 Å². The van der Waals surface area contributed by atoms with Crippen molar-refractivity contribution in [3.63, 3.8) is 0 Å². The fourth-order valence-corrected chi connectivity index (χ4v) is 5.57. The number of rotatable bonds is 3. The van der Waals surface area contributed by atoms with Crippen LogP contribution >= 0.6 is 0 Å². The van der Waals surface area contributed by atoms with Gasteiger partial charge in [-0.05, 0) is 69.3 Å². The summed E-state index contributed by atoms with van der Waals surface area (Å²) in [5, 5.41) is 13.2. The largest absolute Gasteiger partial charge is 0.419 e. The van der Waals surface area contributed by atoms with E-state index in [0.29, 0.717) is 5.89 Å². The van der Waals surface area contributed by atoms with Crippen LogP contribution in [0, 0.1) is 17.8 Å². The Morgan fingerprint density at radius 3 is 2.41 bits per heavy atom. The molecule has 2 aromatic rings. The van der Waals surface area contributed by atoms with Gasteiger partial charge in [0, 0.05) is 18.2 Å². The number of hydrogen-bond acceptors (Lipinski definition) is 4. The minimum absolute atomic E-state index is 0.174. The first-order valence-electron chi connectivity index (χ1n) is 8.62. The van der Waals surface area contributed by atoms with E-state index in [1.807, 2.05) is 16.9 Å². The second-order valence-electron chi connectivity index (χ2n) is 7.67. The molecule has 0 spiro atoms. The highest BCUT2D eigenvalue weighted by Crippen LogP contribution is 2.60. The predicted octanol–water partition coefficient (Wildman–Crippen LogP) is 3.42. The predicted molar refractivity (Wildman–Crippen MR) is 81.0 cm³/mol. The average molecular weight is 298 g/mol. The van der Waals surface area contributed by atoms with Crippen molar-refractivity contribution < 1.29 is 4.42 Å². The summed E-state index contributed by atoms with van der Waals surface area (Å²) in [6.45, 7) is 2.93. The van der Waals surface area contributed by atoms with Gasteiger partial charge in [-0.2, -0.15) is 5.10 Å². The standard InChI is InChI=1S/C17H22N4O/c1-2-21-4-3-14(20-21)15-18-19-16(22-15)17-8-11-5-12(9-17)7-13(6-11)10-17/h3-4,11-13H,2,5-10H2,1H3. The molecule has 4 aliphatic carbocycles. The topological polar surface area (TPSA) is 56.7 Å². The number of aromatic nitrogens is 4. The molecule has 0 atom stereocenters. The molecule has 0 unspecified atom stereocenters. The van der Waals surface area contributed by atoms with Gasteiger partial charge >= 0.3 is 0 Å². The molecule has 6 rings (SSSR count). The van der Waals surface area contributed by atoms with E-state index in [2.05, 4.69) is 22.2 Å². The Morgan fingerprint density at radius 1 is 1.14 bits per heavy atom. The van der Waals surface area contributed by atoms with E-state index in [9.17, 15) is 0 Å². The van der Waals surface area contributed by atoms with E-state index >= 15 is 0 Å². The summed E-state index contributed by atoms with van der Waals surface area (Å²) in [6.07, 6.45) is 10.0. The van der Waals surface area contributed by atoms with E-state index in [1.165, 1.54) is 38.5 Å². The van der Waals surface area contributed by atoms with E-state index in [1.54, 1.807) is 0 Å². The maximum absolute atomic E-state index is 6.11. The molecular weight excluding hydrogens is 276 g/mol. The zero-order valence-corrected chi connectivity index (χ0v) is 13.0. The molecule has 2 aromatic heterocycles. The molecule has 0 N–H and O–H groups in total. The first-order valence-corrected chi connectivity index (χ1v) is 8.62. The molecule has 2 heterocycles. The van der Waals surface area contributed by atoms with Crippen LogP contribution in [0.4, 0.5) is 0 Å². The van der Waals surface area contributed by atoms with Gasteiger partial charge in [-0.25, -0.2) is 0 Å². The second-order valence-corrected chi connectivity index (χ2v) is 7.67. The van der Waals surface area contributed by atoms with Gasteiger partial charge in [0.2, 0.25) is 5.89 Å². The summed E-state index contributed by atoms with van der Waals surface area (Å²) in [5.41, 5.74) is 0.971. The molecule has 0 aromatic carbocycles. The van der Waals surface area contributed by atoms with E-state index in [0.717, 1.165) is 35.9 Å². The maximum atomic E-state index is 6.11. The van der Waals surface area contributed by atoms with Crippen molar-refractivity contribution >= 4 is 0 Å². The molecule has 116 valence electrons. The fraction of sp³-hybridized carbons (Fsp3) is 0.706. The van der Waals surface area contributed by atoms with Gasteiger partial charge in [0.15, 0.2) is 0 Å². The summed E-state index contributed by atoms with van der Waals surface area (Å²) >= 11 is 0. The van der Waals surface area contributed by atoms with Crippen LogP contribution in [-0.2, 0) is 12.0 Å². The smallest absolute Gasteiger partial charge is 0.268 e. The number of nitrogens with zero attached hydrogens (tertiary/aromatic N) is 4. The maximum Gasteiger partial charge on any atom is 0.268 e. The Labute approximate surface area is 130 Å². The summed E-state index contributed by atoms with van der Waals surface area (Å²) in [5.74, 6) is 4.13. The number of hydrogen-bond donors (Lipinski definition) is 0. The first kappa shape index (κ1) is 12.9. The van der Waals surface area contributed by atoms with Gasteiger partial charge in [-0.1, -0.05) is 0 Å². The molecule has 0 saturated heterocycles. The van der Waals surface area contributed by atoms with Crippen molar-refractivity contribution in [2.45, 2.75) is 57.4 Å². The van der Waals surface area contributed by atoms with Crippen LogP contribution in [0.5, 0.6) is 0 Å². The van der Waals surface area contributed by atoms with Gasteiger partial charge < -0.3 is 4.42 Å². The van der Waals surface area contributed by atoms with E-state index in [4.69, 9.17) is 4.42 Å². The van der Waals surface area contributed by atoms with Crippen LogP contribution in [0.3, 0.4) is 0 Å². The summed E-state index contributed by atoms with van der Waals surface area (Å²) in [7, 11) is 0. The molecular formula is C17H22N4O. The third-order valence-electron chi connectivity index (χ3n) is 6.10. The van der Waals surface area contributed by atoms with Crippen LogP contribution in [0.1, 0.15) is 51.3 Å². The molecule has 5 nitrogen and oxygen atoms in total. The lowest BCUT2D eigenvalue weighted by Gasteiger charge is -2.55. The van der Waals surface area contributed by atoms with Crippen LogP contribution in [0.15, 0.2) is 16.7 Å². The Kier molecular flexibility index (Phi) is 2.59. The van der Waals surface area contributed by atoms with Crippen LogP contribution in [-0.4, -0.2) is 20.0 Å². The lowest BCUT2D eigenvalue weighted by molar-refractivity contribution is -0.0176. The van der Waals surface area contributed by atoms with Gasteiger partial charge in [-0.15, -0.1) is 10.2 Å². The molecule has 4 bridgehead atoms. The lowest BCUT2D eigenvalue weighted by Crippen LogP contribution is -2.48. The molecule has 0 amide bonds. The molecule has 0 aliphatic heterocycles. The molecule has 0 radical (unpaired) electrons. The quantitative estimate of drug-likeness (QED) is 0.871. The highest BCUT2D eigenvalue weighted by Gasteiger charge is 2.54. The van der Waals surface area contributed by atoms with Crippen LogP contribution in [0.25, 0.3) is 11.6 Å². The molecule has 4 aliphatic rings. The summed E-state index contributed by atoms with van der Waals surface area (Å²) in [4.78, 5) is 0. The highest BCUT2D eigenvalue weighted by molar-refractivity contribution is 5.44.